The van der Waals surface area contributed by atoms with Crippen LogP contribution in [0.2, 0.25) is 0 Å². The number of nitrogens with zero attached hydrogens (tertiary/aromatic N) is 3. The molecule has 2 heterocycles. The molecule has 2 aliphatic rings. The lowest BCUT2D eigenvalue weighted by atomic mass is 10.1. The summed E-state index contributed by atoms with van der Waals surface area (Å²) >= 11 is 0. The van der Waals surface area contributed by atoms with Gasteiger partial charge in [0, 0.05) is 43.9 Å². The number of fused-ring (bicyclic) bond motifs is 1. The maximum atomic E-state index is 14.4. The number of benzene rings is 1. The molecule has 0 N–H and O–H groups in total. The molecule has 0 saturated carbocycles. The van der Waals surface area contributed by atoms with Crippen LogP contribution in [0.1, 0.15) is 28.8 Å². The van der Waals surface area contributed by atoms with Gasteiger partial charge in [0.25, 0.3) is 5.91 Å². The molecular weight excluding hydrogens is 301 g/mol. The number of carbonyl (C=O) groups is 3. The van der Waals surface area contributed by atoms with Crippen LogP contribution in [0.25, 0.3) is 0 Å². The average Bonchev–Trinajstić information content (AvgIpc) is 3.05. The standard InChI is InChI=1S/C16H18FN3O3/c1-18(2)15(22)9-19-8-12-11(16(19)23)6-10(7-13(12)17)20-5-3-4-14(20)21/h6-7H,3-5,8-9H2,1-2H3. The van der Waals surface area contributed by atoms with Crippen molar-refractivity contribution in [3.05, 3.63) is 29.1 Å². The van der Waals surface area contributed by atoms with E-state index in [2.05, 4.69) is 0 Å². The number of halogens is 1. The van der Waals surface area contributed by atoms with Crippen molar-refractivity contribution in [3.8, 4) is 0 Å². The van der Waals surface area contributed by atoms with Crippen molar-refractivity contribution in [3.63, 3.8) is 0 Å². The zero-order valence-corrected chi connectivity index (χ0v) is 13.1. The molecule has 1 saturated heterocycles. The molecule has 0 radical (unpaired) electrons. The van der Waals surface area contributed by atoms with E-state index in [1.165, 1.54) is 20.8 Å². The summed E-state index contributed by atoms with van der Waals surface area (Å²) in [5.74, 6) is -1.16. The highest BCUT2D eigenvalue weighted by atomic mass is 19.1. The van der Waals surface area contributed by atoms with E-state index in [1.807, 2.05) is 0 Å². The second kappa shape index (κ2) is 5.64. The van der Waals surface area contributed by atoms with Gasteiger partial charge in [-0.2, -0.15) is 0 Å². The molecule has 6 nitrogen and oxygen atoms in total. The van der Waals surface area contributed by atoms with E-state index in [1.54, 1.807) is 20.2 Å². The monoisotopic (exact) mass is 319 g/mol. The Kier molecular flexibility index (Phi) is 3.79. The molecule has 7 heteroatoms. The van der Waals surface area contributed by atoms with Crippen LogP contribution in [-0.2, 0) is 16.1 Å². The van der Waals surface area contributed by atoms with Gasteiger partial charge in [-0.25, -0.2) is 4.39 Å². The molecule has 23 heavy (non-hydrogen) atoms. The third-order valence-corrected chi connectivity index (χ3v) is 4.26. The summed E-state index contributed by atoms with van der Waals surface area (Å²) in [6, 6.07) is 2.86. The van der Waals surface area contributed by atoms with Crippen molar-refractivity contribution in [2.45, 2.75) is 19.4 Å². The number of likely N-dealkylation sites (N-methyl/N-ethyl adjacent to an activating group) is 1. The molecule has 0 unspecified atom stereocenters. The van der Waals surface area contributed by atoms with Gasteiger partial charge >= 0.3 is 0 Å². The van der Waals surface area contributed by atoms with Crippen LogP contribution in [0.4, 0.5) is 10.1 Å². The second-order valence-electron chi connectivity index (χ2n) is 6.05. The van der Waals surface area contributed by atoms with Crippen LogP contribution < -0.4 is 4.90 Å². The highest BCUT2D eigenvalue weighted by Crippen LogP contribution is 2.31. The Morgan fingerprint density at radius 1 is 1.30 bits per heavy atom. The minimum atomic E-state index is -0.509. The first-order valence-corrected chi connectivity index (χ1v) is 7.50. The van der Waals surface area contributed by atoms with Crippen LogP contribution in [0, 0.1) is 5.82 Å². The number of amides is 3. The van der Waals surface area contributed by atoms with Gasteiger partial charge in [0.05, 0.1) is 6.54 Å². The molecule has 2 aliphatic heterocycles. The first kappa shape index (κ1) is 15.5. The summed E-state index contributed by atoms with van der Waals surface area (Å²) in [5.41, 5.74) is 0.945. The predicted molar refractivity (Wildman–Crippen MR) is 81.4 cm³/mol. The fourth-order valence-electron chi connectivity index (χ4n) is 2.92. The quantitative estimate of drug-likeness (QED) is 0.835. The van der Waals surface area contributed by atoms with Crippen LogP contribution in [0.3, 0.4) is 0 Å². The summed E-state index contributed by atoms with van der Waals surface area (Å²) in [6.45, 7) is 0.528. The van der Waals surface area contributed by atoms with Gasteiger partial charge in [-0.3, -0.25) is 14.4 Å². The molecule has 0 spiro atoms. The van der Waals surface area contributed by atoms with Crippen LogP contribution in [0.5, 0.6) is 0 Å². The van der Waals surface area contributed by atoms with E-state index in [-0.39, 0.29) is 41.9 Å². The molecule has 0 atom stereocenters. The lowest BCUT2D eigenvalue weighted by Gasteiger charge is -2.18. The Morgan fingerprint density at radius 2 is 2.04 bits per heavy atom. The van der Waals surface area contributed by atoms with E-state index in [9.17, 15) is 18.8 Å². The van der Waals surface area contributed by atoms with Gasteiger partial charge in [-0.15, -0.1) is 0 Å². The third-order valence-electron chi connectivity index (χ3n) is 4.26. The van der Waals surface area contributed by atoms with E-state index in [4.69, 9.17) is 0 Å². The van der Waals surface area contributed by atoms with Gasteiger partial charge in [-0.05, 0) is 18.6 Å². The van der Waals surface area contributed by atoms with Crippen LogP contribution in [-0.4, -0.2) is 54.7 Å². The molecule has 3 amide bonds. The van der Waals surface area contributed by atoms with Gasteiger partial charge in [0.2, 0.25) is 11.8 Å². The Bertz CT molecular complexity index is 702. The number of carbonyl (C=O) groups excluding carboxylic acids is 3. The van der Waals surface area contributed by atoms with Crippen molar-refractivity contribution in [1.29, 1.82) is 0 Å². The number of anilines is 1. The SMILES string of the molecule is CN(C)C(=O)CN1Cc2c(F)cc(N3CCCC3=O)cc2C1=O. The van der Waals surface area contributed by atoms with E-state index >= 15 is 0 Å². The fourth-order valence-corrected chi connectivity index (χ4v) is 2.92. The van der Waals surface area contributed by atoms with Crippen molar-refractivity contribution in [2.24, 2.45) is 0 Å². The summed E-state index contributed by atoms with van der Waals surface area (Å²) < 4.78 is 14.4. The average molecular weight is 319 g/mol. The van der Waals surface area contributed by atoms with E-state index in [0.717, 1.165) is 6.42 Å². The van der Waals surface area contributed by atoms with Gasteiger partial charge in [-0.1, -0.05) is 0 Å². The number of hydrogen-bond acceptors (Lipinski definition) is 3. The summed E-state index contributed by atoms with van der Waals surface area (Å²) in [5, 5.41) is 0. The summed E-state index contributed by atoms with van der Waals surface area (Å²) in [7, 11) is 3.21. The fraction of sp³-hybridized carbons (Fsp3) is 0.438. The topological polar surface area (TPSA) is 60.9 Å². The van der Waals surface area contributed by atoms with Gasteiger partial charge in [0.1, 0.15) is 12.4 Å². The Labute approximate surface area is 133 Å². The first-order valence-electron chi connectivity index (χ1n) is 7.50. The molecule has 1 aromatic carbocycles. The maximum absolute atomic E-state index is 14.4. The minimum absolute atomic E-state index is 0.0607. The second-order valence-corrected chi connectivity index (χ2v) is 6.05. The molecule has 0 aromatic heterocycles. The van der Waals surface area contributed by atoms with E-state index in [0.29, 0.717) is 18.7 Å². The minimum Gasteiger partial charge on any atom is -0.347 e. The highest BCUT2D eigenvalue weighted by molar-refractivity contribution is 6.02. The molecule has 122 valence electrons. The lowest BCUT2D eigenvalue weighted by Crippen LogP contribution is -2.36. The lowest BCUT2D eigenvalue weighted by molar-refractivity contribution is -0.129. The van der Waals surface area contributed by atoms with Crippen LogP contribution in [0.15, 0.2) is 12.1 Å². The third kappa shape index (κ3) is 2.67. The largest absolute Gasteiger partial charge is 0.347 e. The van der Waals surface area contributed by atoms with E-state index < -0.39 is 5.82 Å². The zero-order valence-electron chi connectivity index (χ0n) is 13.1. The Hall–Kier alpha value is -2.44. The molecule has 1 fully saturated rings. The van der Waals surface area contributed by atoms with Gasteiger partial charge < -0.3 is 14.7 Å². The van der Waals surface area contributed by atoms with Crippen molar-refractivity contribution in [1.82, 2.24) is 9.80 Å². The first-order chi connectivity index (χ1) is 10.9. The highest BCUT2D eigenvalue weighted by Gasteiger charge is 2.33. The zero-order chi connectivity index (χ0) is 16.7. The molecule has 1 aromatic rings. The van der Waals surface area contributed by atoms with Crippen molar-refractivity contribution >= 4 is 23.4 Å². The molecule has 0 aliphatic carbocycles. The maximum Gasteiger partial charge on any atom is 0.255 e. The molecule has 0 bridgehead atoms. The number of hydrogen-bond donors (Lipinski definition) is 0. The normalized spacial score (nSPS) is 17.0. The molecular formula is C16H18FN3O3. The Morgan fingerprint density at radius 3 is 2.65 bits per heavy atom. The molecule has 3 rings (SSSR count). The predicted octanol–water partition coefficient (Wildman–Crippen LogP) is 0.996. The smallest absolute Gasteiger partial charge is 0.255 e. The van der Waals surface area contributed by atoms with Gasteiger partial charge in [0.15, 0.2) is 0 Å². The number of rotatable bonds is 3. The van der Waals surface area contributed by atoms with Crippen molar-refractivity contribution < 1.29 is 18.8 Å². The van der Waals surface area contributed by atoms with Crippen LogP contribution >= 0.6 is 0 Å². The summed E-state index contributed by atoms with van der Waals surface area (Å²) in [4.78, 5) is 40.3. The van der Waals surface area contributed by atoms with Crippen molar-refractivity contribution in [2.75, 3.05) is 32.1 Å². The summed E-state index contributed by atoms with van der Waals surface area (Å²) in [6.07, 6.45) is 1.17. The Balaban J connectivity index is 1.89.